The number of rotatable bonds is 3. The molecular formula is C18H15N5O. The number of aliphatic imine (C=N–C) groups is 1. The molecule has 24 heavy (non-hydrogen) atoms. The van der Waals surface area contributed by atoms with Crippen molar-refractivity contribution in [1.29, 1.82) is 5.26 Å². The second kappa shape index (κ2) is 6.26. The van der Waals surface area contributed by atoms with Crippen LogP contribution in [0.2, 0.25) is 0 Å². The first-order chi connectivity index (χ1) is 11.6. The lowest BCUT2D eigenvalue weighted by Crippen LogP contribution is -2.20. The molecule has 3 N–H and O–H groups in total. The molecular weight excluding hydrogens is 302 g/mol. The molecule has 0 amide bonds. The molecule has 0 bridgehead atoms. The number of hydrogen-bond donors (Lipinski definition) is 2. The first-order valence-electron chi connectivity index (χ1n) is 7.32. The highest BCUT2D eigenvalue weighted by molar-refractivity contribution is 6.13. The number of nitrogen functional groups attached to an aromatic ring is 1. The molecule has 0 aliphatic heterocycles. The SMILES string of the molecule is Cc1[nH]n(-c2ccccc2)c(=O)c1C(C#N)=Nc1ccccc1N. The molecule has 0 saturated carbocycles. The molecule has 0 unspecified atom stereocenters. The lowest BCUT2D eigenvalue weighted by Gasteiger charge is -2.00. The maximum atomic E-state index is 12.7. The Morgan fingerprint density at radius 2 is 1.83 bits per heavy atom. The fraction of sp³-hybridized carbons (Fsp3) is 0.0556. The number of H-pyrrole nitrogens is 1. The van der Waals surface area contributed by atoms with Gasteiger partial charge in [-0.05, 0) is 31.2 Å². The predicted molar refractivity (Wildman–Crippen MR) is 93.8 cm³/mol. The van der Waals surface area contributed by atoms with Crippen LogP contribution in [0.3, 0.4) is 0 Å². The summed E-state index contributed by atoms with van der Waals surface area (Å²) in [6.45, 7) is 1.73. The summed E-state index contributed by atoms with van der Waals surface area (Å²) in [6, 6.07) is 18.1. The van der Waals surface area contributed by atoms with Gasteiger partial charge in [-0.2, -0.15) is 5.26 Å². The van der Waals surface area contributed by atoms with Gasteiger partial charge >= 0.3 is 0 Å². The molecule has 3 aromatic rings. The topological polar surface area (TPSA) is 100.0 Å². The lowest BCUT2D eigenvalue weighted by molar-refractivity contribution is 0.835. The smallest absolute Gasteiger partial charge is 0.281 e. The van der Waals surface area contributed by atoms with E-state index in [9.17, 15) is 10.1 Å². The van der Waals surface area contributed by atoms with Gasteiger partial charge in [0.15, 0.2) is 5.71 Å². The van der Waals surface area contributed by atoms with Crippen molar-refractivity contribution in [1.82, 2.24) is 9.78 Å². The minimum absolute atomic E-state index is 0.0290. The van der Waals surface area contributed by atoms with Crippen LogP contribution >= 0.6 is 0 Å². The van der Waals surface area contributed by atoms with Crippen molar-refractivity contribution < 1.29 is 0 Å². The van der Waals surface area contributed by atoms with E-state index in [4.69, 9.17) is 5.73 Å². The number of aromatic amines is 1. The van der Waals surface area contributed by atoms with Gasteiger partial charge in [-0.25, -0.2) is 9.67 Å². The molecule has 0 saturated heterocycles. The lowest BCUT2D eigenvalue weighted by atomic mass is 10.1. The van der Waals surface area contributed by atoms with Crippen molar-refractivity contribution >= 4 is 17.1 Å². The monoisotopic (exact) mass is 317 g/mol. The molecule has 0 atom stereocenters. The molecule has 1 aromatic heterocycles. The number of nitrogens with two attached hydrogens (primary N) is 1. The minimum atomic E-state index is -0.325. The molecule has 6 nitrogen and oxygen atoms in total. The van der Waals surface area contributed by atoms with Gasteiger partial charge in [0.05, 0.1) is 22.6 Å². The molecule has 0 aliphatic rings. The zero-order chi connectivity index (χ0) is 17.1. The number of benzene rings is 2. The second-order valence-electron chi connectivity index (χ2n) is 5.22. The third-order valence-electron chi connectivity index (χ3n) is 3.60. The summed E-state index contributed by atoms with van der Waals surface area (Å²) < 4.78 is 1.39. The Bertz CT molecular complexity index is 1010. The van der Waals surface area contributed by atoms with E-state index in [1.165, 1.54) is 4.68 Å². The zero-order valence-electron chi connectivity index (χ0n) is 13.0. The van der Waals surface area contributed by atoms with Crippen LogP contribution in [0.25, 0.3) is 5.69 Å². The highest BCUT2D eigenvalue weighted by atomic mass is 16.1. The number of para-hydroxylation sites is 3. The van der Waals surface area contributed by atoms with E-state index >= 15 is 0 Å². The van der Waals surface area contributed by atoms with Crippen LogP contribution in [0.5, 0.6) is 0 Å². The maximum Gasteiger partial charge on any atom is 0.281 e. The Kier molecular flexibility index (Phi) is 4.00. The summed E-state index contributed by atoms with van der Waals surface area (Å²) in [7, 11) is 0. The van der Waals surface area contributed by atoms with Crippen molar-refractivity contribution in [3.05, 3.63) is 76.2 Å². The van der Waals surface area contributed by atoms with Gasteiger partial charge in [-0.1, -0.05) is 30.3 Å². The molecule has 1 heterocycles. The number of anilines is 1. The molecule has 0 radical (unpaired) electrons. The molecule has 0 aliphatic carbocycles. The number of aryl methyl sites for hydroxylation is 1. The third-order valence-corrected chi connectivity index (χ3v) is 3.60. The summed E-state index contributed by atoms with van der Waals surface area (Å²) in [5.74, 6) is 0. The number of hydrogen-bond acceptors (Lipinski definition) is 4. The van der Waals surface area contributed by atoms with E-state index in [0.29, 0.717) is 22.8 Å². The fourth-order valence-corrected chi connectivity index (χ4v) is 2.43. The number of aromatic nitrogens is 2. The standard InChI is InChI=1S/C18H15N5O/c1-12-17(16(11-19)21-15-10-6-5-9-14(15)20)18(24)23(22-12)13-7-3-2-4-8-13/h2-10,22H,20H2,1H3. The summed E-state index contributed by atoms with van der Waals surface area (Å²) in [6.07, 6.45) is 0. The van der Waals surface area contributed by atoms with Crippen LogP contribution < -0.4 is 11.3 Å². The first kappa shape index (κ1) is 15.3. The van der Waals surface area contributed by atoms with E-state index in [2.05, 4.69) is 10.1 Å². The minimum Gasteiger partial charge on any atom is -0.397 e. The van der Waals surface area contributed by atoms with Crippen LogP contribution in [0, 0.1) is 18.3 Å². The van der Waals surface area contributed by atoms with Crippen LogP contribution in [-0.4, -0.2) is 15.5 Å². The normalized spacial score (nSPS) is 11.2. The Hall–Kier alpha value is -3.59. The van der Waals surface area contributed by atoms with Gasteiger partial charge < -0.3 is 5.73 Å². The van der Waals surface area contributed by atoms with Crippen molar-refractivity contribution in [3.63, 3.8) is 0 Å². The summed E-state index contributed by atoms with van der Waals surface area (Å²) >= 11 is 0. The molecule has 6 heteroatoms. The van der Waals surface area contributed by atoms with Crippen LogP contribution in [0.1, 0.15) is 11.3 Å². The average molecular weight is 317 g/mol. The zero-order valence-corrected chi connectivity index (χ0v) is 13.0. The molecule has 3 rings (SSSR count). The van der Waals surface area contributed by atoms with Crippen molar-refractivity contribution in [3.8, 4) is 11.8 Å². The fourth-order valence-electron chi connectivity index (χ4n) is 2.43. The highest BCUT2D eigenvalue weighted by Crippen LogP contribution is 2.22. The predicted octanol–water partition coefficient (Wildman–Crippen LogP) is 2.70. The number of nitrogens with one attached hydrogen (secondary N) is 1. The van der Waals surface area contributed by atoms with Crippen LogP contribution in [-0.2, 0) is 0 Å². The Morgan fingerprint density at radius 1 is 1.17 bits per heavy atom. The van der Waals surface area contributed by atoms with Gasteiger partial charge in [-0.3, -0.25) is 9.89 Å². The van der Waals surface area contributed by atoms with Crippen LogP contribution in [0.15, 0.2) is 64.4 Å². The molecule has 0 spiro atoms. The summed E-state index contributed by atoms with van der Waals surface area (Å²) in [5.41, 5.74) is 7.97. The van der Waals surface area contributed by atoms with E-state index in [1.807, 2.05) is 24.3 Å². The highest BCUT2D eigenvalue weighted by Gasteiger charge is 2.18. The van der Waals surface area contributed by atoms with E-state index in [0.717, 1.165) is 0 Å². The van der Waals surface area contributed by atoms with Gasteiger partial charge in [-0.15, -0.1) is 0 Å². The van der Waals surface area contributed by atoms with E-state index < -0.39 is 0 Å². The van der Waals surface area contributed by atoms with Crippen LogP contribution in [0.4, 0.5) is 11.4 Å². The number of nitrogens with zero attached hydrogens (tertiary/aromatic N) is 3. The Balaban J connectivity index is 2.16. The quantitative estimate of drug-likeness (QED) is 0.573. The van der Waals surface area contributed by atoms with Gasteiger partial charge in [0.25, 0.3) is 5.56 Å². The van der Waals surface area contributed by atoms with E-state index in [1.54, 1.807) is 43.3 Å². The van der Waals surface area contributed by atoms with Crippen molar-refractivity contribution in [2.75, 3.05) is 5.73 Å². The number of nitriles is 1. The second-order valence-corrected chi connectivity index (χ2v) is 5.22. The largest absolute Gasteiger partial charge is 0.397 e. The maximum absolute atomic E-state index is 12.7. The molecule has 2 aromatic carbocycles. The van der Waals surface area contributed by atoms with Gasteiger partial charge in [0.1, 0.15) is 6.07 Å². The van der Waals surface area contributed by atoms with Crippen molar-refractivity contribution in [2.45, 2.75) is 6.92 Å². The van der Waals surface area contributed by atoms with Gasteiger partial charge in [0, 0.05) is 5.69 Å². The van der Waals surface area contributed by atoms with Crippen molar-refractivity contribution in [2.24, 2.45) is 4.99 Å². The summed E-state index contributed by atoms with van der Waals surface area (Å²) in [4.78, 5) is 17.0. The molecule has 118 valence electrons. The third kappa shape index (κ3) is 2.71. The Labute approximate surface area is 138 Å². The summed E-state index contributed by atoms with van der Waals surface area (Å²) in [5, 5.41) is 12.5. The first-order valence-corrected chi connectivity index (χ1v) is 7.32. The van der Waals surface area contributed by atoms with E-state index in [-0.39, 0.29) is 16.8 Å². The Morgan fingerprint density at radius 3 is 2.50 bits per heavy atom. The molecule has 0 fully saturated rings. The van der Waals surface area contributed by atoms with Gasteiger partial charge in [0.2, 0.25) is 0 Å². The average Bonchev–Trinajstić information content (AvgIpc) is 2.90.